The summed E-state index contributed by atoms with van der Waals surface area (Å²) >= 11 is 1.87. The van der Waals surface area contributed by atoms with Crippen LogP contribution < -0.4 is 0 Å². The number of fused-ring (bicyclic) bond motifs is 1. The minimum absolute atomic E-state index is 0.157. The molecule has 0 unspecified atom stereocenters. The summed E-state index contributed by atoms with van der Waals surface area (Å²) in [6.07, 6.45) is 1.05. The van der Waals surface area contributed by atoms with Crippen molar-refractivity contribution in [2.75, 3.05) is 46.3 Å². The van der Waals surface area contributed by atoms with E-state index in [2.05, 4.69) is 17.0 Å². The van der Waals surface area contributed by atoms with E-state index in [1.54, 1.807) is 14.2 Å². The van der Waals surface area contributed by atoms with Crippen molar-refractivity contribution >= 4 is 17.5 Å². The Morgan fingerprint density at radius 2 is 1.87 bits per heavy atom. The predicted octanol–water partition coefficient (Wildman–Crippen LogP) is 2.89. The summed E-state index contributed by atoms with van der Waals surface area (Å²) in [7, 11) is 3.36. The maximum Gasteiger partial charge on any atom is 0.182 e. The molecule has 5 heteroatoms. The summed E-state index contributed by atoms with van der Waals surface area (Å²) in [6.45, 7) is 6.59. The van der Waals surface area contributed by atoms with Crippen LogP contribution in [0.1, 0.15) is 29.8 Å². The zero-order valence-electron chi connectivity index (χ0n) is 14.6. The Morgan fingerprint density at radius 1 is 1.22 bits per heavy atom. The number of ether oxygens (including phenoxy) is 2. The van der Waals surface area contributed by atoms with Crippen LogP contribution in [-0.2, 0) is 15.9 Å². The number of hydrogen-bond acceptors (Lipinski definition) is 5. The highest BCUT2D eigenvalue weighted by molar-refractivity contribution is 7.99. The van der Waals surface area contributed by atoms with Crippen molar-refractivity contribution in [2.45, 2.75) is 30.7 Å². The van der Waals surface area contributed by atoms with Gasteiger partial charge in [-0.25, -0.2) is 0 Å². The van der Waals surface area contributed by atoms with Crippen molar-refractivity contribution in [1.82, 2.24) is 4.90 Å². The van der Waals surface area contributed by atoms with E-state index in [1.165, 1.54) is 10.5 Å². The molecule has 1 aliphatic heterocycles. The van der Waals surface area contributed by atoms with Crippen molar-refractivity contribution in [3.63, 3.8) is 0 Å². The Balaban J connectivity index is 2.18. The van der Waals surface area contributed by atoms with Gasteiger partial charge in [0.05, 0.1) is 18.8 Å². The lowest BCUT2D eigenvalue weighted by atomic mass is 9.90. The molecule has 0 saturated heterocycles. The van der Waals surface area contributed by atoms with Gasteiger partial charge in [0.25, 0.3) is 0 Å². The first-order chi connectivity index (χ1) is 11.0. The van der Waals surface area contributed by atoms with E-state index in [-0.39, 0.29) is 5.78 Å². The molecule has 23 heavy (non-hydrogen) atoms. The molecule has 1 aromatic rings. The first kappa shape index (κ1) is 18.5. The second kappa shape index (κ2) is 8.29. The molecule has 4 nitrogen and oxygen atoms in total. The van der Waals surface area contributed by atoms with E-state index in [0.717, 1.165) is 17.7 Å². The van der Waals surface area contributed by atoms with Crippen LogP contribution in [0.5, 0.6) is 0 Å². The summed E-state index contributed by atoms with van der Waals surface area (Å²) in [6, 6.07) is 6.13. The highest BCUT2D eigenvalue weighted by Gasteiger charge is 2.35. The molecule has 0 aliphatic carbocycles. The molecular formula is C18H27NO3S. The van der Waals surface area contributed by atoms with Gasteiger partial charge in [0, 0.05) is 43.5 Å². The maximum absolute atomic E-state index is 13.1. The number of rotatable bonds is 9. The fourth-order valence-electron chi connectivity index (χ4n) is 2.90. The molecule has 0 N–H and O–H groups in total. The summed E-state index contributed by atoms with van der Waals surface area (Å²) < 4.78 is 10.4. The van der Waals surface area contributed by atoms with Gasteiger partial charge in [-0.2, -0.15) is 0 Å². The molecule has 2 rings (SSSR count). The molecule has 1 heterocycles. The standard InChI is InChI=1S/C18H27NO3S/c1-18(2,19(8-10-21-3)9-11-22-4)17(20)15-5-6-16-14(13-15)7-12-23-16/h5-6,13H,7-12H2,1-4H3. The second-order valence-electron chi connectivity index (χ2n) is 6.28. The molecule has 0 fully saturated rings. The third kappa shape index (κ3) is 4.35. The SMILES string of the molecule is COCCN(CCOC)C(C)(C)C(=O)c1ccc2c(c1)CCS2. The first-order valence-electron chi connectivity index (χ1n) is 8.04. The Bertz CT molecular complexity index is 537. The number of hydrogen-bond donors (Lipinski definition) is 0. The van der Waals surface area contributed by atoms with Gasteiger partial charge in [-0.05, 0) is 38.0 Å². The number of carbonyl (C=O) groups excluding carboxylic acids is 1. The third-order valence-electron chi connectivity index (χ3n) is 4.43. The fraction of sp³-hybridized carbons (Fsp3) is 0.611. The van der Waals surface area contributed by atoms with Gasteiger partial charge in [-0.3, -0.25) is 9.69 Å². The Kier molecular flexibility index (Phi) is 6.65. The molecule has 128 valence electrons. The van der Waals surface area contributed by atoms with Gasteiger partial charge in [0.15, 0.2) is 5.78 Å². The highest BCUT2D eigenvalue weighted by atomic mass is 32.2. The van der Waals surface area contributed by atoms with Crippen LogP contribution in [0.25, 0.3) is 0 Å². The van der Waals surface area contributed by atoms with E-state index in [1.807, 2.05) is 31.7 Å². The molecule has 0 aromatic heterocycles. The van der Waals surface area contributed by atoms with Gasteiger partial charge in [-0.15, -0.1) is 11.8 Å². The van der Waals surface area contributed by atoms with Crippen molar-refractivity contribution in [3.05, 3.63) is 29.3 Å². The molecule has 1 aromatic carbocycles. The maximum atomic E-state index is 13.1. The molecular weight excluding hydrogens is 310 g/mol. The minimum atomic E-state index is -0.586. The van der Waals surface area contributed by atoms with Crippen LogP contribution in [0.2, 0.25) is 0 Å². The van der Waals surface area contributed by atoms with Crippen molar-refractivity contribution in [1.29, 1.82) is 0 Å². The molecule has 0 bridgehead atoms. The van der Waals surface area contributed by atoms with Crippen LogP contribution in [0.3, 0.4) is 0 Å². The molecule has 0 atom stereocenters. The van der Waals surface area contributed by atoms with Gasteiger partial charge in [-0.1, -0.05) is 6.07 Å². The largest absolute Gasteiger partial charge is 0.383 e. The predicted molar refractivity (Wildman–Crippen MR) is 94.6 cm³/mol. The van der Waals surface area contributed by atoms with E-state index >= 15 is 0 Å². The van der Waals surface area contributed by atoms with Crippen LogP contribution in [-0.4, -0.2) is 62.5 Å². The van der Waals surface area contributed by atoms with Gasteiger partial charge < -0.3 is 9.47 Å². The lowest BCUT2D eigenvalue weighted by molar-refractivity contribution is 0.0417. The average Bonchev–Trinajstić information content (AvgIpc) is 3.01. The molecule has 1 aliphatic rings. The van der Waals surface area contributed by atoms with Crippen molar-refractivity contribution < 1.29 is 14.3 Å². The summed E-state index contributed by atoms with van der Waals surface area (Å²) in [4.78, 5) is 16.6. The normalized spacial score (nSPS) is 14.3. The Labute approximate surface area is 143 Å². The Hall–Kier alpha value is -0.880. The first-order valence-corrected chi connectivity index (χ1v) is 9.02. The van der Waals surface area contributed by atoms with Crippen LogP contribution in [0.4, 0.5) is 0 Å². The fourth-order valence-corrected chi connectivity index (χ4v) is 3.95. The number of carbonyl (C=O) groups is 1. The molecule has 0 amide bonds. The van der Waals surface area contributed by atoms with Gasteiger partial charge in [0.1, 0.15) is 0 Å². The topological polar surface area (TPSA) is 38.8 Å². The smallest absolute Gasteiger partial charge is 0.182 e. The quantitative estimate of drug-likeness (QED) is 0.648. The summed E-state index contributed by atoms with van der Waals surface area (Å²) in [5.74, 6) is 1.27. The molecule has 0 radical (unpaired) electrons. The molecule has 0 saturated carbocycles. The van der Waals surface area contributed by atoms with E-state index in [9.17, 15) is 4.79 Å². The number of Topliss-reactive ketones (excluding diaryl/α,β-unsaturated/α-hetero) is 1. The lowest BCUT2D eigenvalue weighted by Gasteiger charge is -2.37. The van der Waals surface area contributed by atoms with Gasteiger partial charge >= 0.3 is 0 Å². The Morgan fingerprint density at radius 3 is 2.48 bits per heavy atom. The number of aryl methyl sites for hydroxylation is 1. The zero-order valence-corrected chi connectivity index (χ0v) is 15.4. The van der Waals surface area contributed by atoms with E-state index in [4.69, 9.17) is 9.47 Å². The van der Waals surface area contributed by atoms with E-state index in [0.29, 0.717) is 26.3 Å². The van der Waals surface area contributed by atoms with Crippen molar-refractivity contribution in [2.24, 2.45) is 0 Å². The average molecular weight is 337 g/mol. The number of benzene rings is 1. The monoisotopic (exact) mass is 337 g/mol. The number of nitrogens with zero attached hydrogens (tertiary/aromatic N) is 1. The third-order valence-corrected chi connectivity index (χ3v) is 5.55. The van der Waals surface area contributed by atoms with Crippen molar-refractivity contribution in [3.8, 4) is 0 Å². The lowest BCUT2D eigenvalue weighted by Crippen LogP contribution is -2.52. The number of ketones is 1. The summed E-state index contributed by atoms with van der Waals surface area (Å²) in [5.41, 5.74) is 1.52. The van der Waals surface area contributed by atoms with Crippen LogP contribution in [0, 0.1) is 0 Å². The van der Waals surface area contributed by atoms with Crippen LogP contribution >= 0.6 is 11.8 Å². The summed E-state index contributed by atoms with van der Waals surface area (Å²) in [5, 5.41) is 0. The van der Waals surface area contributed by atoms with E-state index < -0.39 is 5.54 Å². The zero-order chi connectivity index (χ0) is 16.9. The highest BCUT2D eigenvalue weighted by Crippen LogP contribution is 2.32. The number of methoxy groups -OCH3 is 2. The minimum Gasteiger partial charge on any atom is -0.383 e. The number of thioether (sulfide) groups is 1. The molecule has 0 spiro atoms. The second-order valence-corrected chi connectivity index (χ2v) is 7.42. The van der Waals surface area contributed by atoms with Gasteiger partial charge in [0.2, 0.25) is 0 Å². The van der Waals surface area contributed by atoms with Crippen LogP contribution in [0.15, 0.2) is 23.1 Å².